The van der Waals surface area contributed by atoms with Gasteiger partial charge >= 0.3 is 0 Å². The molecule has 0 amide bonds. The number of nitrogens with one attached hydrogen (secondary N) is 1. The zero-order valence-corrected chi connectivity index (χ0v) is 10.5. The van der Waals surface area contributed by atoms with E-state index in [1.807, 2.05) is 32.2 Å². The summed E-state index contributed by atoms with van der Waals surface area (Å²) in [5, 5.41) is 3.13. The fourth-order valence-electron chi connectivity index (χ4n) is 1.84. The van der Waals surface area contributed by atoms with Crippen LogP contribution in [0.3, 0.4) is 0 Å². The molecule has 0 unspecified atom stereocenters. The Morgan fingerprint density at radius 2 is 1.82 bits per heavy atom. The lowest BCUT2D eigenvalue weighted by atomic mass is 10.1. The summed E-state index contributed by atoms with van der Waals surface area (Å²) < 4.78 is 0. The Kier molecular flexibility index (Phi) is 3.38. The van der Waals surface area contributed by atoms with Gasteiger partial charge in [-0.25, -0.2) is 9.97 Å². The van der Waals surface area contributed by atoms with E-state index in [2.05, 4.69) is 34.3 Å². The number of hydrogen-bond acceptors (Lipinski definition) is 3. The first-order chi connectivity index (χ1) is 8.26. The van der Waals surface area contributed by atoms with Gasteiger partial charge in [0, 0.05) is 24.6 Å². The van der Waals surface area contributed by atoms with Crippen molar-refractivity contribution >= 4 is 5.82 Å². The van der Waals surface area contributed by atoms with Crippen LogP contribution in [0.2, 0.25) is 0 Å². The van der Waals surface area contributed by atoms with Gasteiger partial charge in [-0.3, -0.25) is 0 Å². The Morgan fingerprint density at radius 1 is 1.12 bits per heavy atom. The van der Waals surface area contributed by atoms with Crippen molar-refractivity contribution in [3.05, 3.63) is 41.7 Å². The van der Waals surface area contributed by atoms with E-state index in [9.17, 15) is 0 Å². The molecule has 2 rings (SSSR count). The Morgan fingerprint density at radius 3 is 2.41 bits per heavy atom. The van der Waals surface area contributed by atoms with Crippen molar-refractivity contribution in [1.82, 2.24) is 9.97 Å². The fourth-order valence-corrected chi connectivity index (χ4v) is 1.84. The van der Waals surface area contributed by atoms with E-state index < -0.39 is 0 Å². The zero-order chi connectivity index (χ0) is 12.3. The van der Waals surface area contributed by atoms with Gasteiger partial charge in [0.15, 0.2) is 0 Å². The number of rotatable bonds is 3. The molecular weight excluding hydrogens is 210 g/mol. The van der Waals surface area contributed by atoms with Gasteiger partial charge in [-0.2, -0.15) is 0 Å². The van der Waals surface area contributed by atoms with Gasteiger partial charge in [0.25, 0.3) is 0 Å². The van der Waals surface area contributed by atoms with Crippen LogP contribution in [0.4, 0.5) is 5.82 Å². The molecule has 0 spiro atoms. The van der Waals surface area contributed by atoms with E-state index >= 15 is 0 Å². The van der Waals surface area contributed by atoms with Crippen molar-refractivity contribution in [2.24, 2.45) is 0 Å². The first kappa shape index (κ1) is 11.6. The van der Waals surface area contributed by atoms with Crippen molar-refractivity contribution in [3.63, 3.8) is 0 Å². The second-order valence-corrected chi connectivity index (χ2v) is 3.93. The minimum absolute atomic E-state index is 0.842. The first-order valence-electron chi connectivity index (χ1n) is 5.87. The van der Waals surface area contributed by atoms with Crippen molar-refractivity contribution in [2.45, 2.75) is 20.3 Å². The second kappa shape index (κ2) is 4.95. The summed E-state index contributed by atoms with van der Waals surface area (Å²) in [6.45, 7) is 4.12. The normalized spacial score (nSPS) is 10.3. The Bertz CT molecular complexity index is 506. The van der Waals surface area contributed by atoms with Crippen LogP contribution in [-0.4, -0.2) is 17.0 Å². The molecule has 0 saturated carbocycles. The van der Waals surface area contributed by atoms with E-state index in [0.717, 1.165) is 34.9 Å². The summed E-state index contributed by atoms with van der Waals surface area (Å²) in [6, 6.07) is 10.2. The summed E-state index contributed by atoms with van der Waals surface area (Å²) in [6.07, 6.45) is 0.842. The van der Waals surface area contributed by atoms with Gasteiger partial charge in [-0.1, -0.05) is 37.3 Å². The lowest BCUT2D eigenvalue weighted by Gasteiger charge is -2.11. The predicted molar refractivity (Wildman–Crippen MR) is 71.1 cm³/mol. The quantitative estimate of drug-likeness (QED) is 0.875. The number of nitrogens with zero attached hydrogens (tertiary/aromatic N) is 2. The molecule has 0 aliphatic rings. The number of anilines is 1. The maximum absolute atomic E-state index is 4.62. The fraction of sp³-hybridized carbons (Fsp3) is 0.286. The molecule has 17 heavy (non-hydrogen) atoms. The molecule has 1 heterocycles. The van der Waals surface area contributed by atoms with Crippen LogP contribution in [0.1, 0.15) is 18.3 Å². The molecule has 2 aromatic rings. The lowest BCUT2D eigenvalue weighted by Crippen LogP contribution is -2.04. The Hall–Kier alpha value is -1.90. The standard InChI is InChI=1S/C14H17N3/c1-4-12-16-13(10(2)14(15-3)17-12)11-8-6-5-7-9-11/h5-9H,4H2,1-3H3,(H,15,16,17). The molecule has 1 N–H and O–H groups in total. The molecule has 0 aliphatic carbocycles. The van der Waals surface area contributed by atoms with Crippen molar-refractivity contribution in [1.29, 1.82) is 0 Å². The zero-order valence-electron chi connectivity index (χ0n) is 10.5. The highest BCUT2D eigenvalue weighted by molar-refractivity contribution is 5.67. The average molecular weight is 227 g/mol. The maximum Gasteiger partial charge on any atom is 0.132 e. The van der Waals surface area contributed by atoms with Gasteiger partial charge in [0.05, 0.1) is 5.69 Å². The van der Waals surface area contributed by atoms with Gasteiger partial charge < -0.3 is 5.32 Å². The molecule has 0 saturated heterocycles. The van der Waals surface area contributed by atoms with Crippen LogP contribution >= 0.6 is 0 Å². The third-order valence-corrected chi connectivity index (χ3v) is 2.79. The number of benzene rings is 1. The largest absolute Gasteiger partial charge is 0.373 e. The Balaban J connectivity index is 2.60. The third-order valence-electron chi connectivity index (χ3n) is 2.79. The maximum atomic E-state index is 4.62. The minimum Gasteiger partial charge on any atom is -0.373 e. The van der Waals surface area contributed by atoms with Gasteiger partial charge in [-0.05, 0) is 6.92 Å². The van der Waals surface area contributed by atoms with Crippen LogP contribution in [0.5, 0.6) is 0 Å². The van der Waals surface area contributed by atoms with E-state index in [4.69, 9.17) is 0 Å². The highest BCUT2D eigenvalue weighted by Gasteiger charge is 2.10. The predicted octanol–water partition coefficient (Wildman–Crippen LogP) is 3.06. The molecule has 0 radical (unpaired) electrons. The highest BCUT2D eigenvalue weighted by Crippen LogP contribution is 2.25. The topological polar surface area (TPSA) is 37.8 Å². The van der Waals surface area contributed by atoms with Gasteiger partial charge in [0.2, 0.25) is 0 Å². The van der Waals surface area contributed by atoms with Crippen LogP contribution < -0.4 is 5.32 Å². The molecule has 0 fully saturated rings. The summed E-state index contributed by atoms with van der Waals surface area (Å²) >= 11 is 0. The van der Waals surface area contributed by atoms with E-state index in [1.54, 1.807) is 0 Å². The minimum atomic E-state index is 0.842. The number of hydrogen-bond donors (Lipinski definition) is 1. The van der Waals surface area contributed by atoms with E-state index in [-0.39, 0.29) is 0 Å². The molecule has 0 bridgehead atoms. The molecule has 0 aliphatic heterocycles. The van der Waals surface area contributed by atoms with Crippen molar-refractivity contribution in [3.8, 4) is 11.3 Å². The van der Waals surface area contributed by atoms with E-state index in [0.29, 0.717) is 0 Å². The van der Waals surface area contributed by atoms with Gasteiger partial charge in [0.1, 0.15) is 11.6 Å². The van der Waals surface area contributed by atoms with Crippen molar-refractivity contribution < 1.29 is 0 Å². The molecule has 3 heteroatoms. The van der Waals surface area contributed by atoms with Crippen LogP contribution in [0.25, 0.3) is 11.3 Å². The van der Waals surface area contributed by atoms with Crippen LogP contribution in [0.15, 0.2) is 30.3 Å². The molecule has 1 aromatic heterocycles. The average Bonchev–Trinajstić information content (AvgIpc) is 2.40. The summed E-state index contributed by atoms with van der Waals surface area (Å²) in [7, 11) is 1.89. The highest BCUT2D eigenvalue weighted by atomic mass is 15.0. The monoisotopic (exact) mass is 227 g/mol. The molecular formula is C14H17N3. The summed E-state index contributed by atoms with van der Waals surface area (Å²) in [4.78, 5) is 9.09. The third kappa shape index (κ3) is 2.28. The van der Waals surface area contributed by atoms with Crippen LogP contribution in [-0.2, 0) is 6.42 Å². The lowest BCUT2D eigenvalue weighted by molar-refractivity contribution is 0.936. The number of aromatic nitrogens is 2. The smallest absolute Gasteiger partial charge is 0.132 e. The summed E-state index contributed by atoms with van der Waals surface area (Å²) in [5.74, 6) is 1.79. The second-order valence-electron chi connectivity index (χ2n) is 3.93. The first-order valence-corrected chi connectivity index (χ1v) is 5.87. The molecule has 3 nitrogen and oxygen atoms in total. The van der Waals surface area contributed by atoms with Gasteiger partial charge in [-0.15, -0.1) is 0 Å². The molecule has 0 atom stereocenters. The number of aryl methyl sites for hydroxylation is 1. The van der Waals surface area contributed by atoms with Crippen LogP contribution in [0, 0.1) is 6.92 Å². The Labute approximate surface area is 102 Å². The SMILES string of the molecule is CCc1nc(NC)c(C)c(-c2ccccc2)n1. The molecule has 88 valence electrons. The van der Waals surface area contributed by atoms with E-state index in [1.165, 1.54) is 0 Å². The molecule has 1 aromatic carbocycles. The van der Waals surface area contributed by atoms with Crippen molar-refractivity contribution in [2.75, 3.05) is 12.4 Å². The summed E-state index contributed by atoms with van der Waals surface area (Å²) in [5.41, 5.74) is 3.25.